The maximum absolute atomic E-state index is 13.1. The Hall–Kier alpha value is -3.44. The van der Waals surface area contributed by atoms with Crippen molar-refractivity contribution < 1.29 is 13.5 Å². The fourth-order valence-electron chi connectivity index (χ4n) is 2.85. The number of pyridine rings is 1. The van der Waals surface area contributed by atoms with Gasteiger partial charge in [-0.15, -0.1) is 11.8 Å². The number of nitrogens with one attached hydrogen (secondary N) is 1. The normalized spacial score (nSPS) is 11.0. The van der Waals surface area contributed by atoms with Gasteiger partial charge in [0.2, 0.25) is 0 Å². The number of para-hydroxylation sites is 1. The third-order valence-electron chi connectivity index (χ3n) is 4.39. The van der Waals surface area contributed by atoms with Gasteiger partial charge in [0.1, 0.15) is 22.5 Å². The molecule has 0 radical (unpaired) electrons. The first-order valence-electron chi connectivity index (χ1n) is 9.35. The molecule has 0 aliphatic rings. The van der Waals surface area contributed by atoms with E-state index in [1.165, 1.54) is 17.8 Å². The molecule has 0 saturated carbocycles. The summed E-state index contributed by atoms with van der Waals surface area (Å²) in [5.41, 5.74) is 5.95. The van der Waals surface area contributed by atoms with E-state index in [2.05, 4.69) is 21.6 Å². The van der Waals surface area contributed by atoms with E-state index in [9.17, 15) is 14.0 Å². The molecule has 0 bridgehead atoms. The largest absolute Gasteiger partial charge is 0.496 e. The van der Waals surface area contributed by atoms with Gasteiger partial charge in [0, 0.05) is 11.3 Å². The number of hydrazone groups is 1. The summed E-state index contributed by atoms with van der Waals surface area (Å²) in [6.07, 6.45) is -1.02. The SMILES string of the molecule is COc1ccc(C=NNc2ccccc2)cc1CSc1nc(C(F)F)cc(C)c1C#N. The van der Waals surface area contributed by atoms with E-state index in [0.29, 0.717) is 22.6 Å². The summed E-state index contributed by atoms with van der Waals surface area (Å²) in [6.45, 7) is 1.63. The van der Waals surface area contributed by atoms with Crippen LogP contribution in [0.3, 0.4) is 0 Å². The smallest absolute Gasteiger partial charge is 0.280 e. The van der Waals surface area contributed by atoms with Crippen LogP contribution in [-0.2, 0) is 5.75 Å². The van der Waals surface area contributed by atoms with E-state index in [1.54, 1.807) is 20.2 Å². The van der Waals surface area contributed by atoms with Crippen molar-refractivity contribution in [1.29, 1.82) is 5.26 Å². The molecule has 0 atom stereocenters. The molecule has 0 aliphatic heterocycles. The number of alkyl halides is 2. The predicted molar refractivity (Wildman–Crippen MR) is 119 cm³/mol. The van der Waals surface area contributed by atoms with Crippen molar-refractivity contribution in [3.05, 3.63) is 82.5 Å². The second-order valence-corrected chi connectivity index (χ2v) is 7.52. The van der Waals surface area contributed by atoms with E-state index in [-0.39, 0.29) is 10.7 Å². The molecule has 158 valence electrons. The van der Waals surface area contributed by atoms with E-state index in [0.717, 1.165) is 16.8 Å². The molecule has 2 aromatic carbocycles. The van der Waals surface area contributed by atoms with Gasteiger partial charge in [-0.25, -0.2) is 13.8 Å². The van der Waals surface area contributed by atoms with Gasteiger partial charge in [0.05, 0.1) is 24.6 Å². The standard InChI is InChI=1S/C23H20F2N4OS/c1-15-10-20(22(24)25)28-23(19(15)12-26)31-14-17-11-16(8-9-21(17)30-2)13-27-29-18-6-4-3-5-7-18/h3-11,13,22,29H,14H2,1-2H3. The third kappa shape index (κ3) is 5.80. The Morgan fingerprint density at radius 3 is 2.68 bits per heavy atom. The molecule has 0 amide bonds. The number of hydrogen-bond acceptors (Lipinski definition) is 6. The predicted octanol–water partition coefficient (Wildman–Crippen LogP) is 5.95. The number of aromatic nitrogens is 1. The Bertz CT molecular complexity index is 1110. The van der Waals surface area contributed by atoms with Gasteiger partial charge in [0.25, 0.3) is 6.43 Å². The summed E-state index contributed by atoms with van der Waals surface area (Å²) in [5, 5.41) is 13.9. The lowest BCUT2D eigenvalue weighted by molar-refractivity contribution is 0.145. The number of ether oxygens (including phenoxy) is 1. The lowest BCUT2D eigenvalue weighted by Gasteiger charge is -2.11. The first kappa shape index (κ1) is 22.2. The van der Waals surface area contributed by atoms with Gasteiger partial charge in [-0.1, -0.05) is 18.2 Å². The van der Waals surface area contributed by atoms with Crippen molar-refractivity contribution in [1.82, 2.24) is 4.98 Å². The minimum atomic E-state index is -2.70. The number of aryl methyl sites for hydroxylation is 1. The average Bonchev–Trinajstić information content (AvgIpc) is 2.78. The highest BCUT2D eigenvalue weighted by molar-refractivity contribution is 7.98. The highest BCUT2D eigenvalue weighted by Gasteiger charge is 2.17. The van der Waals surface area contributed by atoms with Crippen LogP contribution in [0.5, 0.6) is 5.75 Å². The summed E-state index contributed by atoms with van der Waals surface area (Å²) >= 11 is 1.22. The zero-order valence-corrected chi connectivity index (χ0v) is 17.8. The number of hydrogen-bond donors (Lipinski definition) is 1. The van der Waals surface area contributed by atoms with Crippen molar-refractivity contribution in [2.45, 2.75) is 24.1 Å². The number of halogens is 2. The molecule has 1 aromatic heterocycles. The second-order valence-electron chi connectivity index (χ2n) is 6.55. The van der Waals surface area contributed by atoms with E-state index in [1.807, 2.05) is 48.5 Å². The molecule has 5 nitrogen and oxygen atoms in total. The molecule has 0 saturated heterocycles. The molecule has 8 heteroatoms. The van der Waals surface area contributed by atoms with Gasteiger partial charge in [-0.3, -0.25) is 5.43 Å². The monoisotopic (exact) mass is 438 g/mol. The van der Waals surface area contributed by atoms with Crippen molar-refractivity contribution in [3.63, 3.8) is 0 Å². The fraction of sp³-hybridized carbons (Fsp3) is 0.174. The molecule has 0 unspecified atom stereocenters. The molecular formula is C23H20F2N4OS. The van der Waals surface area contributed by atoms with Gasteiger partial charge in [-0.05, 0) is 54.4 Å². The molecule has 3 aromatic rings. The van der Waals surface area contributed by atoms with Crippen LogP contribution in [0, 0.1) is 18.3 Å². The molecule has 0 spiro atoms. The van der Waals surface area contributed by atoms with Crippen LogP contribution in [0.25, 0.3) is 0 Å². The molecular weight excluding hydrogens is 418 g/mol. The molecule has 3 rings (SSSR count). The maximum Gasteiger partial charge on any atom is 0.280 e. The van der Waals surface area contributed by atoms with Crippen LogP contribution in [0.15, 0.2) is 64.7 Å². The Labute approximate surface area is 183 Å². The number of nitrogens with zero attached hydrogens (tertiary/aromatic N) is 3. The van der Waals surface area contributed by atoms with Gasteiger partial charge < -0.3 is 4.74 Å². The zero-order valence-electron chi connectivity index (χ0n) is 17.0. The molecule has 0 aliphatic carbocycles. The summed E-state index contributed by atoms with van der Waals surface area (Å²) in [6, 6.07) is 18.5. The summed E-state index contributed by atoms with van der Waals surface area (Å²) in [4.78, 5) is 3.99. The minimum Gasteiger partial charge on any atom is -0.496 e. The van der Waals surface area contributed by atoms with Crippen LogP contribution in [0.2, 0.25) is 0 Å². The first-order valence-corrected chi connectivity index (χ1v) is 10.3. The van der Waals surface area contributed by atoms with E-state index in [4.69, 9.17) is 4.74 Å². The highest BCUT2D eigenvalue weighted by Crippen LogP contribution is 2.32. The van der Waals surface area contributed by atoms with Crippen molar-refractivity contribution >= 4 is 23.7 Å². The number of benzene rings is 2. The lowest BCUT2D eigenvalue weighted by Crippen LogP contribution is -1.99. The molecule has 1 heterocycles. The van der Waals surface area contributed by atoms with Crippen molar-refractivity contribution in [2.75, 3.05) is 12.5 Å². The van der Waals surface area contributed by atoms with Crippen molar-refractivity contribution in [2.24, 2.45) is 5.10 Å². The molecule has 0 fully saturated rings. The van der Waals surface area contributed by atoms with Gasteiger partial charge in [-0.2, -0.15) is 10.4 Å². The fourth-order valence-corrected chi connectivity index (χ4v) is 3.89. The minimum absolute atomic E-state index is 0.282. The van der Waals surface area contributed by atoms with E-state index >= 15 is 0 Å². The summed E-state index contributed by atoms with van der Waals surface area (Å²) in [5.74, 6) is 1.05. The summed E-state index contributed by atoms with van der Waals surface area (Å²) in [7, 11) is 1.56. The highest BCUT2D eigenvalue weighted by atomic mass is 32.2. The van der Waals surface area contributed by atoms with E-state index < -0.39 is 6.43 Å². The van der Waals surface area contributed by atoms with Gasteiger partial charge in [0.15, 0.2) is 0 Å². The van der Waals surface area contributed by atoms with Crippen LogP contribution in [0.4, 0.5) is 14.5 Å². The topological polar surface area (TPSA) is 70.3 Å². The Kier molecular flexibility index (Phi) is 7.57. The number of rotatable bonds is 8. The van der Waals surface area contributed by atoms with Crippen molar-refractivity contribution in [3.8, 4) is 11.8 Å². The number of anilines is 1. The number of thioether (sulfide) groups is 1. The second kappa shape index (κ2) is 10.5. The molecule has 1 N–H and O–H groups in total. The maximum atomic E-state index is 13.1. The number of nitriles is 1. The molecule has 31 heavy (non-hydrogen) atoms. The number of methoxy groups -OCH3 is 1. The zero-order chi connectivity index (χ0) is 22.2. The Balaban J connectivity index is 1.80. The van der Waals surface area contributed by atoms with Gasteiger partial charge >= 0.3 is 0 Å². The van der Waals surface area contributed by atoms with Crippen LogP contribution >= 0.6 is 11.8 Å². The quantitative estimate of drug-likeness (QED) is 0.267. The lowest BCUT2D eigenvalue weighted by atomic mass is 10.1. The third-order valence-corrected chi connectivity index (χ3v) is 5.41. The summed E-state index contributed by atoms with van der Waals surface area (Å²) < 4.78 is 31.7. The van der Waals surface area contributed by atoms with Crippen LogP contribution < -0.4 is 10.2 Å². The average molecular weight is 439 g/mol. The van der Waals surface area contributed by atoms with Crippen LogP contribution in [-0.4, -0.2) is 18.3 Å². The Morgan fingerprint density at radius 1 is 1.23 bits per heavy atom. The van der Waals surface area contributed by atoms with Crippen LogP contribution in [0.1, 0.15) is 34.4 Å². The first-order chi connectivity index (χ1) is 15.0. The Morgan fingerprint density at radius 2 is 2.00 bits per heavy atom.